The van der Waals surface area contributed by atoms with Crippen LogP contribution in [-0.2, 0) is 26.0 Å². The van der Waals surface area contributed by atoms with Gasteiger partial charge in [0.1, 0.15) is 5.78 Å². The molecule has 0 aromatic heterocycles. The van der Waals surface area contributed by atoms with Gasteiger partial charge in [0, 0.05) is 25.9 Å². The number of ketones is 2. The van der Waals surface area contributed by atoms with Crippen LogP contribution in [0, 0.1) is 12.8 Å². The molecule has 1 aliphatic heterocycles. The van der Waals surface area contributed by atoms with Crippen LogP contribution in [0.15, 0.2) is 23.1 Å². The maximum atomic E-state index is 13.2. The lowest BCUT2D eigenvalue weighted by Gasteiger charge is -2.21. The van der Waals surface area contributed by atoms with E-state index in [1.165, 1.54) is 0 Å². The van der Waals surface area contributed by atoms with Crippen LogP contribution in [-0.4, -0.2) is 62.4 Å². The molecule has 0 spiro atoms. The van der Waals surface area contributed by atoms with Gasteiger partial charge in [-0.1, -0.05) is 38.8 Å². The largest absolute Gasteiger partial charge is 0.298 e. The highest BCUT2D eigenvalue weighted by atomic mass is 32.2. The van der Waals surface area contributed by atoms with Crippen LogP contribution < -0.4 is 0 Å². The van der Waals surface area contributed by atoms with Gasteiger partial charge in [-0.15, -0.1) is 0 Å². The lowest BCUT2D eigenvalue weighted by molar-refractivity contribution is -0.122. The van der Waals surface area contributed by atoms with E-state index in [0.717, 1.165) is 25.7 Å². The zero-order valence-electron chi connectivity index (χ0n) is 18.8. The predicted molar refractivity (Wildman–Crippen MR) is 119 cm³/mol. The fraction of sp³-hybridized carbons (Fsp3) is 0.652. The predicted octanol–water partition coefficient (Wildman–Crippen LogP) is 3.22. The molecule has 0 atom stereocenters. The van der Waals surface area contributed by atoms with Gasteiger partial charge in [-0.05, 0) is 49.9 Å². The van der Waals surface area contributed by atoms with E-state index >= 15 is 0 Å². The Morgan fingerprint density at radius 3 is 2.23 bits per heavy atom. The number of aryl methyl sites for hydroxylation is 1. The number of likely N-dealkylation sites (N-methyl/N-ethyl adjacent to an activating group) is 1. The summed E-state index contributed by atoms with van der Waals surface area (Å²) in [6.07, 6.45) is 4.57. The highest BCUT2D eigenvalue weighted by Crippen LogP contribution is 2.24. The molecule has 1 aliphatic rings. The molecular formula is C23H36N2O4S. The van der Waals surface area contributed by atoms with Gasteiger partial charge in [0.2, 0.25) is 10.0 Å². The average molecular weight is 437 g/mol. The van der Waals surface area contributed by atoms with Crippen molar-refractivity contribution in [2.75, 3.05) is 33.2 Å². The molecule has 0 bridgehead atoms. The standard InChI is InChI=1S/C23H36N2O4S/c1-18(2)13-21(26)16-24(4)17-22(27)14-20-10-9-19(3)23(15-20)30(28,29)25-11-7-5-6-8-12-25/h9-10,15,18H,5-8,11-14,16-17H2,1-4H3. The Balaban J connectivity index is 2.05. The summed E-state index contributed by atoms with van der Waals surface area (Å²) in [5.74, 6) is 0.400. The fourth-order valence-electron chi connectivity index (χ4n) is 3.91. The molecule has 1 aromatic carbocycles. The number of sulfonamides is 1. The van der Waals surface area contributed by atoms with Gasteiger partial charge in [-0.3, -0.25) is 14.5 Å². The summed E-state index contributed by atoms with van der Waals surface area (Å²) < 4.78 is 27.9. The molecule has 6 nitrogen and oxygen atoms in total. The molecule has 1 aromatic rings. The molecule has 0 saturated carbocycles. The minimum absolute atomic E-state index is 0.0307. The van der Waals surface area contributed by atoms with Crippen molar-refractivity contribution < 1.29 is 18.0 Å². The zero-order valence-corrected chi connectivity index (χ0v) is 19.6. The second-order valence-corrected chi connectivity index (χ2v) is 10.8. The van der Waals surface area contributed by atoms with Crippen molar-refractivity contribution in [1.29, 1.82) is 0 Å². The van der Waals surface area contributed by atoms with Gasteiger partial charge < -0.3 is 0 Å². The Hall–Kier alpha value is -1.57. The summed E-state index contributed by atoms with van der Waals surface area (Å²) in [6, 6.07) is 5.25. The Bertz CT molecular complexity index is 841. The first-order valence-electron chi connectivity index (χ1n) is 10.9. The third-order valence-electron chi connectivity index (χ3n) is 5.37. The molecule has 2 rings (SSSR count). The first kappa shape index (κ1) is 24.7. The summed E-state index contributed by atoms with van der Waals surface area (Å²) in [5.41, 5.74) is 1.40. The molecule has 1 fully saturated rings. The molecule has 30 heavy (non-hydrogen) atoms. The number of benzene rings is 1. The number of hydrogen-bond donors (Lipinski definition) is 0. The molecule has 0 unspecified atom stereocenters. The summed E-state index contributed by atoms with van der Waals surface area (Å²) >= 11 is 0. The minimum atomic E-state index is -3.56. The Labute approximate surface area is 181 Å². The van der Waals surface area contributed by atoms with Gasteiger partial charge in [0.25, 0.3) is 0 Å². The van der Waals surface area contributed by atoms with Gasteiger partial charge in [0.15, 0.2) is 5.78 Å². The number of rotatable bonds is 10. The van der Waals surface area contributed by atoms with Crippen molar-refractivity contribution >= 4 is 21.6 Å². The maximum Gasteiger partial charge on any atom is 0.243 e. The van der Waals surface area contributed by atoms with Gasteiger partial charge in [0.05, 0.1) is 18.0 Å². The topological polar surface area (TPSA) is 74.8 Å². The molecule has 1 heterocycles. The summed E-state index contributed by atoms with van der Waals surface area (Å²) in [6.45, 7) is 7.33. The smallest absolute Gasteiger partial charge is 0.243 e. The molecule has 7 heteroatoms. The van der Waals surface area contributed by atoms with Crippen molar-refractivity contribution in [3.8, 4) is 0 Å². The molecule has 0 N–H and O–H groups in total. The zero-order chi connectivity index (χ0) is 22.3. The minimum Gasteiger partial charge on any atom is -0.298 e. The maximum absolute atomic E-state index is 13.2. The molecule has 0 aliphatic carbocycles. The van der Waals surface area contributed by atoms with Crippen LogP contribution in [0.25, 0.3) is 0 Å². The first-order valence-corrected chi connectivity index (χ1v) is 12.3. The number of carbonyl (C=O) groups is 2. The fourth-order valence-corrected chi connectivity index (χ4v) is 5.71. The van der Waals surface area contributed by atoms with E-state index in [2.05, 4.69) is 0 Å². The number of hydrogen-bond acceptors (Lipinski definition) is 5. The van der Waals surface area contributed by atoms with E-state index in [0.29, 0.717) is 41.5 Å². The highest BCUT2D eigenvalue weighted by Gasteiger charge is 2.27. The second-order valence-electron chi connectivity index (χ2n) is 8.94. The lowest BCUT2D eigenvalue weighted by atomic mass is 10.1. The summed E-state index contributed by atoms with van der Waals surface area (Å²) in [7, 11) is -1.79. The molecule has 0 radical (unpaired) electrons. The third kappa shape index (κ3) is 7.29. The van der Waals surface area contributed by atoms with Gasteiger partial charge in [-0.25, -0.2) is 8.42 Å². The number of Topliss-reactive ketones (excluding diaryl/α,β-unsaturated/α-hetero) is 2. The van der Waals surface area contributed by atoms with E-state index in [4.69, 9.17) is 0 Å². The van der Waals surface area contributed by atoms with Crippen molar-refractivity contribution in [2.24, 2.45) is 5.92 Å². The lowest BCUT2D eigenvalue weighted by Crippen LogP contribution is -2.33. The van der Waals surface area contributed by atoms with Crippen LogP contribution >= 0.6 is 0 Å². The average Bonchev–Trinajstić information content (AvgIpc) is 2.92. The van der Waals surface area contributed by atoms with E-state index in [1.807, 2.05) is 19.9 Å². The van der Waals surface area contributed by atoms with Gasteiger partial charge >= 0.3 is 0 Å². The monoisotopic (exact) mass is 436 g/mol. The Morgan fingerprint density at radius 1 is 1.03 bits per heavy atom. The molecule has 168 valence electrons. The van der Waals surface area contributed by atoms with Crippen LogP contribution in [0.2, 0.25) is 0 Å². The third-order valence-corrected chi connectivity index (χ3v) is 7.41. The highest BCUT2D eigenvalue weighted by molar-refractivity contribution is 7.89. The summed E-state index contributed by atoms with van der Waals surface area (Å²) in [5, 5.41) is 0. The van der Waals surface area contributed by atoms with Crippen molar-refractivity contribution in [3.63, 3.8) is 0 Å². The van der Waals surface area contributed by atoms with E-state index < -0.39 is 10.0 Å². The van der Waals surface area contributed by atoms with Crippen molar-refractivity contribution in [3.05, 3.63) is 29.3 Å². The van der Waals surface area contributed by atoms with E-state index in [9.17, 15) is 18.0 Å². The second kappa shape index (κ2) is 11.2. The Kier molecular flexibility index (Phi) is 9.19. The number of carbonyl (C=O) groups excluding carboxylic acids is 2. The van der Waals surface area contributed by atoms with E-state index in [1.54, 1.807) is 35.3 Å². The summed E-state index contributed by atoms with van der Waals surface area (Å²) in [4.78, 5) is 26.5. The van der Waals surface area contributed by atoms with Crippen molar-refractivity contribution in [1.82, 2.24) is 9.21 Å². The van der Waals surface area contributed by atoms with Crippen LogP contribution in [0.1, 0.15) is 57.1 Å². The normalized spacial score (nSPS) is 16.1. The van der Waals surface area contributed by atoms with E-state index in [-0.39, 0.29) is 31.1 Å². The number of nitrogens with zero attached hydrogens (tertiary/aromatic N) is 2. The Morgan fingerprint density at radius 2 is 1.63 bits per heavy atom. The SMILES string of the molecule is Cc1ccc(CC(=O)CN(C)CC(=O)CC(C)C)cc1S(=O)(=O)N1CCCCCC1. The van der Waals surface area contributed by atoms with Crippen LogP contribution in [0.4, 0.5) is 0 Å². The molecule has 1 saturated heterocycles. The molecule has 0 amide bonds. The van der Waals surface area contributed by atoms with Crippen LogP contribution in [0.5, 0.6) is 0 Å². The first-order chi connectivity index (χ1) is 14.1. The van der Waals surface area contributed by atoms with Crippen LogP contribution in [0.3, 0.4) is 0 Å². The molecular weight excluding hydrogens is 400 g/mol. The van der Waals surface area contributed by atoms with Gasteiger partial charge in [-0.2, -0.15) is 4.31 Å². The van der Waals surface area contributed by atoms with Crippen molar-refractivity contribution in [2.45, 2.75) is 64.2 Å². The quantitative estimate of drug-likeness (QED) is 0.563.